The fourth-order valence-corrected chi connectivity index (χ4v) is 3.28. The smallest absolute Gasteiger partial charge is 0.140 e. The van der Waals surface area contributed by atoms with Crippen molar-refractivity contribution in [3.8, 4) is 17.0 Å². The Bertz CT molecular complexity index is 976. The van der Waals surface area contributed by atoms with Gasteiger partial charge in [0.2, 0.25) is 0 Å². The predicted octanol–water partition coefficient (Wildman–Crippen LogP) is 5.12. The van der Waals surface area contributed by atoms with E-state index in [2.05, 4.69) is 29.2 Å². The van der Waals surface area contributed by atoms with Crippen LogP contribution in [0.5, 0.6) is 5.75 Å². The number of anilines is 1. The first-order valence-electron chi connectivity index (χ1n) is 7.70. The zero-order chi connectivity index (χ0) is 16.4. The second kappa shape index (κ2) is 6.34. The molecule has 0 aliphatic carbocycles. The van der Waals surface area contributed by atoms with E-state index >= 15 is 0 Å². The lowest BCUT2D eigenvalue weighted by atomic mass is 10.1. The average molecular weight is 332 g/mol. The van der Waals surface area contributed by atoms with Crippen molar-refractivity contribution in [2.24, 2.45) is 0 Å². The molecule has 0 atom stereocenters. The Balaban J connectivity index is 1.48. The van der Waals surface area contributed by atoms with Crippen molar-refractivity contribution >= 4 is 27.8 Å². The van der Waals surface area contributed by atoms with Gasteiger partial charge in [0.05, 0.1) is 5.69 Å². The molecule has 0 unspecified atom stereocenters. The van der Waals surface area contributed by atoms with Crippen molar-refractivity contribution in [2.45, 2.75) is 6.61 Å². The van der Waals surface area contributed by atoms with Gasteiger partial charge in [-0.15, -0.1) is 11.3 Å². The van der Waals surface area contributed by atoms with E-state index < -0.39 is 0 Å². The quantitative estimate of drug-likeness (QED) is 0.527. The zero-order valence-corrected chi connectivity index (χ0v) is 13.8. The topological polar surface area (TPSA) is 48.1 Å². The summed E-state index contributed by atoms with van der Waals surface area (Å²) in [4.78, 5) is 4.64. The first-order valence-corrected chi connectivity index (χ1v) is 8.58. The molecule has 4 heteroatoms. The minimum Gasteiger partial charge on any atom is -0.486 e. The van der Waals surface area contributed by atoms with E-state index in [1.807, 2.05) is 47.8 Å². The molecule has 4 aromatic rings. The summed E-state index contributed by atoms with van der Waals surface area (Å²) in [7, 11) is 0. The molecular weight excluding hydrogens is 316 g/mol. The van der Waals surface area contributed by atoms with Crippen LogP contribution in [0.3, 0.4) is 0 Å². The lowest BCUT2D eigenvalue weighted by Gasteiger charge is -2.05. The first-order chi connectivity index (χ1) is 11.8. The van der Waals surface area contributed by atoms with E-state index in [0.717, 1.165) is 27.7 Å². The Kier molecular flexibility index (Phi) is 3.89. The molecule has 0 saturated heterocycles. The summed E-state index contributed by atoms with van der Waals surface area (Å²) in [5.41, 5.74) is 8.50. The molecule has 0 fully saturated rings. The predicted molar refractivity (Wildman–Crippen MR) is 100 cm³/mol. The molecule has 1 aromatic heterocycles. The third-order valence-electron chi connectivity index (χ3n) is 3.84. The van der Waals surface area contributed by atoms with Crippen molar-refractivity contribution in [1.29, 1.82) is 0 Å². The van der Waals surface area contributed by atoms with Crippen LogP contribution in [0.1, 0.15) is 5.01 Å². The Labute approximate surface area is 144 Å². The third kappa shape index (κ3) is 3.09. The average Bonchev–Trinajstić information content (AvgIpc) is 3.09. The largest absolute Gasteiger partial charge is 0.486 e. The molecule has 4 rings (SSSR count). The van der Waals surface area contributed by atoms with Crippen molar-refractivity contribution in [2.75, 3.05) is 5.73 Å². The van der Waals surface area contributed by atoms with Crippen LogP contribution >= 0.6 is 11.3 Å². The van der Waals surface area contributed by atoms with E-state index in [1.54, 1.807) is 11.3 Å². The van der Waals surface area contributed by atoms with Gasteiger partial charge in [-0.2, -0.15) is 0 Å². The molecule has 0 aliphatic rings. The number of fused-ring (bicyclic) bond motifs is 1. The highest BCUT2D eigenvalue weighted by Crippen LogP contribution is 2.25. The normalized spacial score (nSPS) is 10.8. The molecule has 118 valence electrons. The van der Waals surface area contributed by atoms with Crippen LogP contribution in [0.4, 0.5) is 5.69 Å². The van der Waals surface area contributed by atoms with Crippen molar-refractivity contribution in [3.63, 3.8) is 0 Å². The minimum absolute atomic E-state index is 0.470. The number of benzene rings is 3. The fourth-order valence-electron chi connectivity index (χ4n) is 2.57. The summed E-state index contributed by atoms with van der Waals surface area (Å²) in [6.07, 6.45) is 0. The number of nitrogens with zero attached hydrogens (tertiary/aromatic N) is 1. The number of thiazole rings is 1. The van der Waals surface area contributed by atoms with E-state index in [9.17, 15) is 0 Å². The van der Waals surface area contributed by atoms with Crippen LogP contribution in [0.25, 0.3) is 22.0 Å². The van der Waals surface area contributed by atoms with E-state index in [0.29, 0.717) is 6.61 Å². The zero-order valence-electron chi connectivity index (χ0n) is 13.0. The summed E-state index contributed by atoms with van der Waals surface area (Å²) < 4.78 is 5.90. The van der Waals surface area contributed by atoms with Crippen LogP contribution in [-0.4, -0.2) is 4.98 Å². The molecule has 2 N–H and O–H groups in total. The van der Waals surface area contributed by atoms with Gasteiger partial charge in [0.15, 0.2) is 0 Å². The second-order valence-electron chi connectivity index (χ2n) is 5.55. The molecule has 24 heavy (non-hydrogen) atoms. The minimum atomic E-state index is 0.470. The SMILES string of the molecule is Nc1ccc(-c2csc(COc3ccc4ccccc4c3)n2)cc1. The molecular formula is C20H16N2OS. The number of ether oxygens (including phenoxy) is 1. The van der Waals surface area contributed by atoms with Crippen molar-refractivity contribution in [1.82, 2.24) is 4.98 Å². The van der Waals surface area contributed by atoms with Gasteiger partial charge < -0.3 is 10.5 Å². The highest BCUT2D eigenvalue weighted by Gasteiger charge is 2.06. The van der Waals surface area contributed by atoms with Crippen molar-refractivity contribution in [3.05, 3.63) is 77.1 Å². The molecule has 0 amide bonds. The summed E-state index contributed by atoms with van der Waals surface area (Å²) in [6, 6.07) is 22.1. The Morgan fingerprint density at radius 1 is 0.917 bits per heavy atom. The van der Waals surface area contributed by atoms with Gasteiger partial charge in [0, 0.05) is 16.6 Å². The Hall–Kier alpha value is -2.85. The molecule has 0 saturated carbocycles. The molecule has 0 spiro atoms. The van der Waals surface area contributed by atoms with Crippen LogP contribution in [0.2, 0.25) is 0 Å². The summed E-state index contributed by atoms with van der Waals surface area (Å²) >= 11 is 1.60. The highest BCUT2D eigenvalue weighted by atomic mass is 32.1. The molecule has 3 aromatic carbocycles. The van der Waals surface area contributed by atoms with Gasteiger partial charge in [0.25, 0.3) is 0 Å². The lowest BCUT2D eigenvalue weighted by molar-refractivity contribution is 0.306. The molecule has 0 aliphatic heterocycles. The summed E-state index contributed by atoms with van der Waals surface area (Å²) in [6.45, 7) is 0.470. The number of nitrogens with two attached hydrogens (primary N) is 1. The molecule has 0 radical (unpaired) electrons. The van der Waals surface area contributed by atoms with E-state index in [-0.39, 0.29) is 0 Å². The number of hydrogen-bond acceptors (Lipinski definition) is 4. The highest BCUT2D eigenvalue weighted by molar-refractivity contribution is 7.09. The van der Waals surface area contributed by atoms with E-state index in [1.165, 1.54) is 10.8 Å². The number of nitrogen functional groups attached to an aromatic ring is 1. The molecule has 3 nitrogen and oxygen atoms in total. The number of rotatable bonds is 4. The van der Waals surface area contributed by atoms with Gasteiger partial charge in [-0.1, -0.05) is 42.5 Å². The van der Waals surface area contributed by atoms with Gasteiger partial charge in [-0.3, -0.25) is 0 Å². The van der Waals surface area contributed by atoms with Crippen molar-refractivity contribution < 1.29 is 4.74 Å². The van der Waals surface area contributed by atoms with Crippen LogP contribution < -0.4 is 10.5 Å². The van der Waals surface area contributed by atoms with Crippen LogP contribution in [0.15, 0.2) is 72.1 Å². The first kappa shape index (κ1) is 14.7. The maximum atomic E-state index is 5.90. The van der Waals surface area contributed by atoms with Gasteiger partial charge in [0.1, 0.15) is 17.4 Å². The standard InChI is InChI=1S/C20H16N2OS/c21-17-8-5-15(6-9-17)19-13-24-20(22-19)12-23-18-10-7-14-3-1-2-4-16(14)11-18/h1-11,13H,12,21H2. The van der Waals surface area contributed by atoms with Crippen LogP contribution in [-0.2, 0) is 6.61 Å². The Morgan fingerprint density at radius 3 is 2.54 bits per heavy atom. The fraction of sp³-hybridized carbons (Fsp3) is 0.0500. The molecule has 1 heterocycles. The summed E-state index contributed by atoms with van der Waals surface area (Å²) in [5, 5.41) is 5.39. The number of hydrogen-bond donors (Lipinski definition) is 1. The molecule has 0 bridgehead atoms. The maximum absolute atomic E-state index is 5.90. The van der Waals surface area contributed by atoms with Gasteiger partial charge in [-0.25, -0.2) is 4.98 Å². The number of aromatic nitrogens is 1. The van der Waals surface area contributed by atoms with Gasteiger partial charge in [-0.05, 0) is 35.0 Å². The van der Waals surface area contributed by atoms with Crippen LogP contribution in [0, 0.1) is 0 Å². The van der Waals surface area contributed by atoms with Gasteiger partial charge >= 0.3 is 0 Å². The second-order valence-corrected chi connectivity index (χ2v) is 6.49. The monoisotopic (exact) mass is 332 g/mol. The lowest BCUT2D eigenvalue weighted by Crippen LogP contribution is -1.95. The summed E-state index contributed by atoms with van der Waals surface area (Å²) in [5.74, 6) is 0.859. The third-order valence-corrected chi connectivity index (χ3v) is 4.66. The Morgan fingerprint density at radius 2 is 1.71 bits per heavy atom. The maximum Gasteiger partial charge on any atom is 0.140 e. The van der Waals surface area contributed by atoms with E-state index in [4.69, 9.17) is 10.5 Å².